The highest BCUT2D eigenvalue weighted by Gasteiger charge is 2.31. The van der Waals surface area contributed by atoms with Crippen molar-refractivity contribution in [1.29, 1.82) is 0 Å². The van der Waals surface area contributed by atoms with Gasteiger partial charge in [-0.1, -0.05) is 20.8 Å². The van der Waals surface area contributed by atoms with Crippen LogP contribution in [0.25, 0.3) is 0 Å². The number of hydrogen-bond acceptors (Lipinski definition) is 5. The fourth-order valence-electron chi connectivity index (χ4n) is 2.25. The van der Waals surface area contributed by atoms with E-state index in [4.69, 9.17) is 16.3 Å². The first-order valence-corrected chi connectivity index (χ1v) is 6.07. The Morgan fingerprint density at radius 1 is 1.44 bits per heavy atom. The number of pyridine rings is 1. The van der Waals surface area contributed by atoms with Gasteiger partial charge in [0, 0.05) is 13.3 Å². The summed E-state index contributed by atoms with van der Waals surface area (Å²) in [6.07, 6.45) is 2.47. The lowest BCUT2D eigenvalue weighted by atomic mass is 9.82. The summed E-state index contributed by atoms with van der Waals surface area (Å²) >= 11 is 0. The van der Waals surface area contributed by atoms with Crippen LogP contribution in [0.1, 0.15) is 26.3 Å². The Balaban J connectivity index is 2.84. The van der Waals surface area contributed by atoms with Gasteiger partial charge in [-0.05, 0) is 29.5 Å². The van der Waals surface area contributed by atoms with E-state index in [0.29, 0.717) is 5.82 Å². The summed E-state index contributed by atoms with van der Waals surface area (Å²) in [6, 6.07) is 3.83. The van der Waals surface area contributed by atoms with E-state index < -0.39 is 0 Å². The molecule has 0 bridgehead atoms. The van der Waals surface area contributed by atoms with Crippen LogP contribution in [-0.4, -0.2) is 24.2 Å². The van der Waals surface area contributed by atoms with Gasteiger partial charge in [-0.2, -0.15) is 0 Å². The van der Waals surface area contributed by atoms with Crippen LogP contribution in [0.5, 0.6) is 0 Å². The third-order valence-electron chi connectivity index (χ3n) is 2.99. The second-order valence-electron chi connectivity index (χ2n) is 5.59. The van der Waals surface area contributed by atoms with Crippen LogP contribution in [0.15, 0.2) is 18.3 Å². The van der Waals surface area contributed by atoms with Crippen molar-refractivity contribution >= 4 is 5.82 Å². The minimum Gasteiger partial charge on any atom is -0.384 e. The predicted molar refractivity (Wildman–Crippen MR) is 73.7 cm³/mol. The number of aromatic nitrogens is 1. The lowest BCUT2D eigenvalue weighted by molar-refractivity contribution is -0.0110. The van der Waals surface area contributed by atoms with Gasteiger partial charge in [-0.15, -0.1) is 0 Å². The summed E-state index contributed by atoms with van der Waals surface area (Å²) in [7, 11) is 1.71. The maximum absolute atomic E-state index is 5.68. The lowest BCUT2D eigenvalue weighted by Crippen LogP contribution is -2.51. The van der Waals surface area contributed by atoms with Crippen molar-refractivity contribution in [2.75, 3.05) is 12.8 Å². The van der Waals surface area contributed by atoms with Gasteiger partial charge in [0.25, 0.3) is 0 Å². The standard InChI is InChI=1S/C13H24N4O/c1-13(2,3)12(18-4)10(17-15)7-9-5-6-16-11(14)8-9/h5-6,8,10,12,17H,7,15H2,1-4H3,(H2,14,16). The molecule has 1 heterocycles. The second kappa shape index (κ2) is 6.13. The van der Waals surface area contributed by atoms with E-state index in [9.17, 15) is 0 Å². The average Bonchev–Trinajstić information content (AvgIpc) is 2.26. The van der Waals surface area contributed by atoms with Crippen molar-refractivity contribution in [2.45, 2.75) is 39.3 Å². The van der Waals surface area contributed by atoms with E-state index in [-0.39, 0.29) is 17.6 Å². The number of nitrogens with one attached hydrogen (secondary N) is 1. The van der Waals surface area contributed by atoms with Gasteiger partial charge in [0.15, 0.2) is 0 Å². The maximum atomic E-state index is 5.68. The van der Waals surface area contributed by atoms with Gasteiger partial charge < -0.3 is 10.5 Å². The van der Waals surface area contributed by atoms with Crippen LogP contribution in [-0.2, 0) is 11.2 Å². The largest absolute Gasteiger partial charge is 0.384 e. The van der Waals surface area contributed by atoms with Crippen LogP contribution < -0.4 is 17.0 Å². The third-order valence-corrected chi connectivity index (χ3v) is 2.99. The van der Waals surface area contributed by atoms with Crippen LogP contribution in [0.2, 0.25) is 0 Å². The van der Waals surface area contributed by atoms with Gasteiger partial charge >= 0.3 is 0 Å². The van der Waals surface area contributed by atoms with Gasteiger partial charge in [-0.25, -0.2) is 4.98 Å². The quantitative estimate of drug-likeness (QED) is 0.539. The summed E-state index contributed by atoms with van der Waals surface area (Å²) in [4.78, 5) is 3.98. The lowest BCUT2D eigenvalue weighted by Gasteiger charge is -2.35. The Hall–Kier alpha value is -1.17. The summed E-state index contributed by atoms with van der Waals surface area (Å²) in [5, 5.41) is 0. The van der Waals surface area contributed by atoms with Gasteiger partial charge in [0.05, 0.1) is 12.1 Å². The molecular formula is C13H24N4O. The Morgan fingerprint density at radius 2 is 2.11 bits per heavy atom. The smallest absolute Gasteiger partial charge is 0.123 e. The molecule has 5 heteroatoms. The number of nitrogens with zero attached hydrogens (tertiary/aromatic N) is 1. The van der Waals surface area contributed by atoms with Gasteiger partial charge in [0.2, 0.25) is 0 Å². The molecule has 5 N–H and O–H groups in total. The number of nitrogen functional groups attached to an aromatic ring is 1. The molecule has 1 aromatic heterocycles. The SMILES string of the molecule is COC(C(Cc1ccnc(N)c1)NN)C(C)(C)C. The second-order valence-corrected chi connectivity index (χ2v) is 5.59. The molecule has 2 atom stereocenters. The molecule has 1 rings (SSSR count). The van der Waals surface area contributed by atoms with E-state index in [1.54, 1.807) is 13.3 Å². The van der Waals surface area contributed by atoms with Crippen molar-refractivity contribution in [1.82, 2.24) is 10.4 Å². The minimum absolute atomic E-state index is 0.00433. The zero-order valence-corrected chi connectivity index (χ0v) is 11.6. The first-order chi connectivity index (χ1) is 8.38. The van der Waals surface area contributed by atoms with E-state index in [2.05, 4.69) is 31.2 Å². The monoisotopic (exact) mass is 252 g/mol. The third kappa shape index (κ3) is 3.94. The minimum atomic E-state index is 0.00433. The summed E-state index contributed by atoms with van der Waals surface area (Å²) in [5.74, 6) is 6.18. The summed E-state index contributed by atoms with van der Waals surface area (Å²) in [5.41, 5.74) is 9.62. The van der Waals surface area contributed by atoms with Crippen molar-refractivity contribution < 1.29 is 4.74 Å². The Labute approximate surface area is 109 Å². The van der Waals surface area contributed by atoms with E-state index in [1.165, 1.54) is 0 Å². The molecular weight excluding hydrogens is 228 g/mol. The number of rotatable bonds is 5. The first kappa shape index (κ1) is 14.9. The molecule has 18 heavy (non-hydrogen) atoms. The highest BCUT2D eigenvalue weighted by atomic mass is 16.5. The molecule has 5 nitrogen and oxygen atoms in total. The Bertz CT molecular complexity index is 375. The van der Waals surface area contributed by atoms with E-state index >= 15 is 0 Å². The molecule has 0 spiro atoms. The van der Waals surface area contributed by atoms with Crippen LogP contribution >= 0.6 is 0 Å². The number of hydrogen-bond donors (Lipinski definition) is 3. The van der Waals surface area contributed by atoms with Crippen molar-refractivity contribution in [3.63, 3.8) is 0 Å². The van der Waals surface area contributed by atoms with Crippen molar-refractivity contribution in [3.05, 3.63) is 23.9 Å². The molecule has 0 saturated carbocycles. The number of hydrazine groups is 1. The normalized spacial score (nSPS) is 15.4. The number of methoxy groups -OCH3 is 1. The topological polar surface area (TPSA) is 86.2 Å². The number of ether oxygens (including phenoxy) is 1. The van der Waals surface area contributed by atoms with Crippen LogP contribution in [0.3, 0.4) is 0 Å². The highest BCUT2D eigenvalue weighted by Crippen LogP contribution is 2.26. The number of anilines is 1. The van der Waals surface area contributed by atoms with Crippen LogP contribution in [0, 0.1) is 5.41 Å². The molecule has 0 aliphatic heterocycles. The molecule has 102 valence electrons. The first-order valence-electron chi connectivity index (χ1n) is 6.07. The molecule has 0 amide bonds. The molecule has 0 radical (unpaired) electrons. The summed E-state index contributed by atoms with van der Waals surface area (Å²) in [6.45, 7) is 6.39. The van der Waals surface area contributed by atoms with Gasteiger partial charge in [0.1, 0.15) is 5.82 Å². The number of nitrogens with two attached hydrogens (primary N) is 2. The van der Waals surface area contributed by atoms with Crippen molar-refractivity contribution in [3.8, 4) is 0 Å². The molecule has 0 aliphatic rings. The average molecular weight is 252 g/mol. The fraction of sp³-hybridized carbons (Fsp3) is 0.615. The van der Waals surface area contributed by atoms with Crippen molar-refractivity contribution in [2.24, 2.45) is 11.3 Å². The summed E-state index contributed by atoms with van der Waals surface area (Å²) < 4.78 is 5.58. The maximum Gasteiger partial charge on any atom is 0.123 e. The Kier molecular flexibility index (Phi) is 5.07. The Morgan fingerprint density at radius 3 is 2.56 bits per heavy atom. The molecule has 0 aliphatic carbocycles. The molecule has 0 fully saturated rings. The molecule has 0 saturated heterocycles. The van der Waals surface area contributed by atoms with Crippen LogP contribution in [0.4, 0.5) is 5.82 Å². The zero-order valence-electron chi connectivity index (χ0n) is 11.6. The molecule has 1 aromatic rings. The van der Waals surface area contributed by atoms with E-state index in [0.717, 1.165) is 12.0 Å². The fourth-order valence-corrected chi connectivity index (χ4v) is 2.25. The van der Waals surface area contributed by atoms with E-state index in [1.807, 2.05) is 12.1 Å². The van der Waals surface area contributed by atoms with Gasteiger partial charge in [-0.3, -0.25) is 11.3 Å². The predicted octanol–water partition coefficient (Wildman–Crippen LogP) is 1.10. The molecule has 2 unspecified atom stereocenters. The highest BCUT2D eigenvalue weighted by molar-refractivity contribution is 5.32. The molecule has 0 aromatic carbocycles. The zero-order chi connectivity index (χ0) is 13.8.